The predicted octanol–water partition coefficient (Wildman–Crippen LogP) is 1.63. The van der Waals surface area contributed by atoms with Crippen LogP contribution in [0.5, 0.6) is 11.5 Å². The second kappa shape index (κ2) is 5.32. The Kier molecular flexibility index (Phi) is 3.58. The van der Waals surface area contributed by atoms with Crippen LogP contribution < -0.4 is 10.2 Å². The molecular formula is C10H11N5O2S. The molecule has 2 aromatic rings. The van der Waals surface area contributed by atoms with E-state index in [1.165, 1.54) is 12.3 Å². The number of hydrogen-bond donors (Lipinski definition) is 4. The largest absolute Gasteiger partial charge is 0.507 e. The molecule has 0 aliphatic heterocycles. The molecule has 0 spiro atoms. The highest BCUT2D eigenvalue weighted by atomic mass is 32.1. The van der Waals surface area contributed by atoms with Gasteiger partial charge >= 0.3 is 0 Å². The van der Waals surface area contributed by atoms with Crippen LogP contribution in [0.4, 0.5) is 5.95 Å². The number of phenolic OH excluding ortho intramolecular Hbond substituents is 1. The molecule has 8 heteroatoms. The summed E-state index contributed by atoms with van der Waals surface area (Å²) in [4.78, 5) is 3.89. The molecule has 0 saturated carbocycles. The molecule has 7 nitrogen and oxygen atoms in total. The Labute approximate surface area is 108 Å². The first-order chi connectivity index (χ1) is 8.69. The van der Waals surface area contributed by atoms with Gasteiger partial charge in [-0.05, 0) is 30.4 Å². The van der Waals surface area contributed by atoms with Crippen LogP contribution in [0.2, 0.25) is 0 Å². The molecule has 0 saturated heterocycles. The topological polar surface area (TPSA) is 98.3 Å². The van der Waals surface area contributed by atoms with E-state index in [1.807, 2.05) is 0 Å². The van der Waals surface area contributed by atoms with Gasteiger partial charge in [0.15, 0.2) is 0 Å². The van der Waals surface area contributed by atoms with Crippen molar-refractivity contribution in [1.29, 1.82) is 0 Å². The minimum absolute atomic E-state index is 0.108. The molecule has 0 bridgehead atoms. The Balaban J connectivity index is 2.11. The lowest BCUT2D eigenvalue weighted by Gasteiger charge is -2.02. The summed E-state index contributed by atoms with van der Waals surface area (Å²) in [6, 6.07) is 4.85. The maximum Gasteiger partial charge on any atom is 0.238 e. The lowest BCUT2D eigenvalue weighted by atomic mass is 10.2. The lowest BCUT2D eigenvalue weighted by molar-refractivity contribution is 0.412. The van der Waals surface area contributed by atoms with Gasteiger partial charge in [-0.3, -0.25) is 10.2 Å². The number of hydrazone groups is 1. The summed E-state index contributed by atoms with van der Waals surface area (Å²) in [6.45, 7) is 0. The molecule has 4 N–H and O–H groups in total. The third-order valence-corrected chi connectivity index (χ3v) is 2.30. The van der Waals surface area contributed by atoms with Gasteiger partial charge in [0.1, 0.15) is 11.5 Å². The smallest absolute Gasteiger partial charge is 0.238 e. The van der Waals surface area contributed by atoms with Gasteiger partial charge in [0, 0.05) is 5.56 Å². The number of aromatic nitrogens is 3. The summed E-state index contributed by atoms with van der Waals surface area (Å²) < 4.78 is 5.38. The zero-order chi connectivity index (χ0) is 13.0. The van der Waals surface area contributed by atoms with Crippen molar-refractivity contribution in [3.05, 3.63) is 28.5 Å². The average molecular weight is 265 g/mol. The number of nitrogens with one attached hydrogen (secondary N) is 3. The maximum absolute atomic E-state index is 9.61. The molecule has 0 unspecified atom stereocenters. The number of benzene rings is 1. The summed E-state index contributed by atoms with van der Waals surface area (Å²) in [6.07, 6.45) is 1.45. The van der Waals surface area contributed by atoms with Crippen LogP contribution in [0, 0.1) is 4.77 Å². The van der Waals surface area contributed by atoms with E-state index in [-0.39, 0.29) is 5.75 Å². The third kappa shape index (κ3) is 2.86. The molecule has 0 radical (unpaired) electrons. The molecular weight excluding hydrogens is 254 g/mol. The number of nitrogens with zero attached hydrogens (tertiary/aromatic N) is 2. The highest BCUT2D eigenvalue weighted by Crippen LogP contribution is 2.20. The number of H-pyrrole nitrogens is 2. The van der Waals surface area contributed by atoms with Crippen LogP contribution in [-0.2, 0) is 0 Å². The summed E-state index contributed by atoms with van der Waals surface area (Å²) in [5.74, 6) is 1.13. The van der Waals surface area contributed by atoms with E-state index in [1.54, 1.807) is 19.2 Å². The first kappa shape index (κ1) is 12.1. The van der Waals surface area contributed by atoms with Crippen molar-refractivity contribution in [2.24, 2.45) is 5.10 Å². The molecule has 1 aromatic carbocycles. The molecule has 94 valence electrons. The predicted molar refractivity (Wildman–Crippen MR) is 69.6 cm³/mol. The molecule has 0 fully saturated rings. The van der Waals surface area contributed by atoms with E-state index in [0.717, 1.165) is 0 Å². The third-order valence-electron chi connectivity index (χ3n) is 2.11. The standard InChI is InChI=1S/C10H11N5O2S/c1-17-7-2-3-8(16)6(4-7)5-11-13-9-12-10(18)15-14-9/h2-5,16H,1H3,(H3,12,13,14,15,18). The van der Waals surface area contributed by atoms with Crippen LogP contribution in [0.15, 0.2) is 23.3 Å². The first-order valence-corrected chi connectivity index (χ1v) is 5.40. The number of aromatic hydroxyl groups is 1. The Hall–Kier alpha value is -2.35. The molecule has 2 rings (SSSR count). The van der Waals surface area contributed by atoms with Crippen LogP contribution >= 0.6 is 12.2 Å². The second-order valence-corrected chi connectivity index (χ2v) is 3.70. The summed E-state index contributed by atoms with van der Waals surface area (Å²) in [5, 5.41) is 18.8. The number of anilines is 1. The van der Waals surface area contributed by atoms with Crippen molar-refractivity contribution >= 4 is 24.4 Å². The molecule has 1 heterocycles. The quantitative estimate of drug-likeness (QED) is 0.382. The summed E-state index contributed by atoms with van der Waals surface area (Å²) in [7, 11) is 1.55. The zero-order valence-electron chi connectivity index (χ0n) is 9.47. The number of ether oxygens (including phenoxy) is 1. The fraction of sp³-hybridized carbons (Fsp3) is 0.100. The Morgan fingerprint density at radius 1 is 1.50 bits per heavy atom. The van der Waals surface area contributed by atoms with Gasteiger partial charge in [0.2, 0.25) is 10.7 Å². The minimum atomic E-state index is 0.108. The van der Waals surface area contributed by atoms with Crippen LogP contribution in [0.1, 0.15) is 5.56 Å². The molecule has 18 heavy (non-hydrogen) atoms. The van der Waals surface area contributed by atoms with Crippen molar-refractivity contribution in [2.45, 2.75) is 0 Å². The van der Waals surface area contributed by atoms with Gasteiger partial charge in [-0.15, -0.1) is 0 Å². The van der Waals surface area contributed by atoms with E-state index >= 15 is 0 Å². The number of methoxy groups -OCH3 is 1. The monoisotopic (exact) mass is 265 g/mol. The van der Waals surface area contributed by atoms with Crippen molar-refractivity contribution < 1.29 is 9.84 Å². The van der Waals surface area contributed by atoms with Gasteiger partial charge in [0.05, 0.1) is 13.3 Å². The number of hydrogen-bond acceptors (Lipinski definition) is 6. The van der Waals surface area contributed by atoms with Gasteiger partial charge in [-0.25, -0.2) is 5.43 Å². The number of phenols is 1. The molecule has 0 amide bonds. The van der Waals surface area contributed by atoms with Crippen molar-refractivity contribution in [1.82, 2.24) is 15.2 Å². The fourth-order valence-corrected chi connectivity index (χ4v) is 1.39. The Morgan fingerprint density at radius 3 is 3.00 bits per heavy atom. The first-order valence-electron chi connectivity index (χ1n) is 5.00. The second-order valence-electron chi connectivity index (χ2n) is 3.31. The average Bonchev–Trinajstić information content (AvgIpc) is 2.77. The van der Waals surface area contributed by atoms with E-state index in [2.05, 4.69) is 25.7 Å². The van der Waals surface area contributed by atoms with Gasteiger partial charge in [-0.1, -0.05) is 0 Å². The zero-order valence-corrected chi connectivity index (χ0v) is 10.3. The fourth-order valence-electron chi connectivity index (χ4n) is 1.25. The van der Waals surface area contributed by atoms with E-state index in [0.29, 0.717) is 22.0 Å². The maximum atomic E-state index is 9.61. The molecule has 0 aliphatic carbocycles. The van der Waals surface area contributed by atoms with E-state index in [9.17, 15) is 5.11 Å². The molecule has 0 atom stereocenters. The van der Waals surface area contributed by atoms with Crippen molar-refractivity contribution in [2.75, 3.05) is 12.5 Å². The summed E-state index contributed by atoms with van der Waals surface area (Å²) in [5.41, 5.74) is 3.16. The minimum Gasteiger partial charge on any atom is -0.507 e. The lowest BCUT2D eigenvalue weighted by Crippen LogP contribution is -1.93. The Bertz CT molecular complexity index is 619. The normalized spacial score (nSPS) is 10.7. The number of rotatable bonds is 4. The highest BCUT2D eigenvalue weighted by molar-refractivity contribution is 7.71. The van der Waals surface area contributed by atoms with Crippen LogP contribution in [0.25, 0.3) is 0 Å². The van der Waals surface area contributed by atoms with Gasteiger partial charge < -0.3 is 9.84 Å². The Morgan fingerprint density at radius 2 is 2.33 bits per heavy atom. The van der Waals surface area contributed by atoms with Crippen LogP contribution in [0.3, 0.4) is 0 Å². The van der Waals surface area contributed by atoms with Gasteiger partial charge in [-0.2, -0.15) is 10.1 Å². The molecule has 0 aliphatic rings. The van der Waals surface area contributed by atoms with Crippen molar-refractivity contribution in [3.8, 4) is 11.5 Å². The van der Waals surface area contributed by atoms with E-state index < -0.39 is 0 Å². The molecule has 1 aromatic heterocycles. The highest BCUT2D eigenvalue weighted by Gasteiger charge is 2.00. The van der Waals surface area contributed by atoms with E-state index in [4.69, 9.17) is 17.0 Å². The SMILES string of the molecule is COc1ccc(O)c(C=NNc2nc(=S)[nH][nH]2)c1. The van der Waals surface area contributed by atoms with Gasteiger partial charge in [0.25, 0.3) is 0 Å². The van der Waals surface area contributed by atoms with Crippen LogP contribution in [-0.4, -0.2) is 33.6 Å². The summed E-state index contributed by atoms with van der Waals surface area (Å²) >= 11 is 4.78. The van der Waals surface area contributed by atoms with Crippen molar-refractivity contribution in [3.63, 3.8) is 0 Å². The number of aromatic amines is 2.